The predicted octanol–water partition coefficient (Wildman–Crippen LogP) is 2.33. The van der Waals surface area contributed by atoms with Crippen molar-refractivity contribution in [3.05, 3.63) is 0 Å². The molecule has 0 aromatic rings. The summed E-state index contributed by atoms with van der Waals surface area (Å²) in [6.45, 7) is 5.48. The van der Waals surface area contributed by atoms with Crippen LogP contribution in [0.3, 0.4) is 0 Å². The molecule has 0 amide bonds. The molecule has 2 rings (SSSR count). The van der Waals surface area contributed by atoms with Gasteiger partial charge in [-0.1, -0.05) is 20.3 Å². The summed E-state index contributed by atoms with van der Waals surface area (Å²) >= 11 is 0. The van der Waals surface area contributed by atoms with E-state index in [2.05, 4.69) is 19.2 Å². The normalized spacial score (nSPS) is 42.4. The first-order chi connectivity index (χ1) is 6.83. The molecule has 2 fully saturated rings. The SMILES string of the molecule is CCC1CC(NC2CC2CC)CCO1. The Bertz CT molecular complexity index is 183. The molecule has 0 radical (unpaired) electrons. The van der Waals surface area contributed by atoms with Crippen LogP contribution in [0.4, 0.5) is 0 Å². The zero-order valence-corrected chi connectivity index (χ0v) is 9.46. The third-order valence-electron chi connectivity index (χ3n) is 3.72. The molecule has 0 aromatic heterocycles. The Morgan fingerprint density at radius 2 is 2.07 bits per heavy atom. The van der Waals surface area contributed by atoms with Crippen molar-refractivity contribution < 1.29 is 4.74 Å². The summed E-state index contributed by atoms with van der Waals surface area (Å²) in [5, 5.41) is 3.78. The molecule has 1 N–H and O–H groups in total. The number of rotatable bonds is 4. The maximum absolute atomic E-state index is 5.67. The van der Waals surface area contributed by atoms with Crippen molar-refractivity contribution in [3.63, 3.8) is 0 Å². The van der Waals surface area contributed by atoms with E-state index in [1.807, 2.05) is 0 Å². The average Bonchev–Trinajstić information content (AvgIpc) is 2.97. The average molecular weight is 197 g/mol. The molecule has 0 aromatic carbocycles. The first-order valence-corrected chi connectivity index (χ1v) is 6.21. The van der Waals surface area contributed by atoms with E-state index >= 15 is 0 Å². The Balaban J connectivity index is 1.70. The van der Waals surface area contributed by atoms with Gasteiger partial charge < -0.3 is 10.1 Å². The van der Waals surface area contributed by atoms with E-state index in [-0.39, 0.29) is 0 Å². The lowest BCUT2D eigenvalue weighted by atomic mass is 10.0. The van der Waals surface area contributed by atoms with Gasteiger partial charge in [-0.05, 0) is 31.6 Å². The minimum Gasteiger partial charge on any atom is -0.378 e. The molecule has 2 nitrogen and oxygen atoms in total. The molecule has 1 saturated heterocycles. The van der Waals surface area contributed by atoms with Crippen LogP contribution in [0.2, 0.25) is 0 Å². The first-order valence-electron chi connectivity index (χ1n) is 6.21. The van der Waals surface area contributed by atoms with E-state index in [4.69, 9.17) is 4.74 Å². The van der Waals surface area contributed by atoms with Gasteiger partial charge in [0, 0.05) is 18.7 Å². The molecule has 1 saturated carbocycles. The van der Waals surface area contributed by atoms with Crippen molar-refractivity contribution in [3.8, 4) is 0 Å². The highest BCUT2D eigenvalue weighted by Crippen LogP contribution is 2.34. The quantitative estimate of drug-likeness (QED) is 0.747. The maximum Gasteiger partial charge on any atom is 0.0587 e. The highest BCUT2D eigenvalue weighted by Gasteiger charge is 2.37. The smallest absolute Gasteiger partial charge is 0.0587 e. The molecular formula is C12H23NO. The number of hydrogen-bond acceptors (Lipinski definition) is 2. The summed E-state index contributed by atoms with van der Waals surface area (Å²) in [4.78, 5) is 0. The van der Waals surface area contributed by atoms with Crippen LogP contribution in [-0.4, -0.2) is 24.8 Å². The summed E-state index contributed by atoms with van der Waals surface area (Å²) < 4.78 is 5.67. The van der Waals surface area contributed by atoms with Gasteiger partial charge in [0.25, 0.3) is 0 Å². The lowest BCUT2D eigenvalue weighted by Gasteiger charge is -2.29. The molecule has 1 aliphatic heterocycles. The number of ether oxygens (including phenoxy) is 1. The molecule has 1 aliphatic carbocycles. The second kappa shape index (κ2) is 4.63. The van der Waals surface area contributed by atoms with Gasteiger partial charge in [-0.3, -0.25) is 0 Å². The summed E-state index contributed by atoms with van der Waals surface area (Å²) in [6.07, 6.45) is 6.87. The Labute approximate surface area is 87.4 Å². The van der Waals surface area contributed by atoms with Gasteiger partial charge in [0.1, 0.15) is 0 Å². The standard InChI is InChI=1S/C12H23NO/c1-3-9-7-12(9)13-10-5-6-14-11(4-2)8-10/h9-13H,3-8H2,1-2H3. The second-order valence-corrected chi connectivity index (χ2v) is 4.80. The number of hydrogen-bond donors (Lipinski definition) is 1. The van der Waals surface area contributed by atoms with Crippen LogP contribution >= 0.6 is 0 Å². The van der Waals surface area contributed by atoms with Gasteiger partial charge in [0.05, 0.1) is 6.10 Å². The Kier molecular flexibility index (Phi) is 3.45. The van der Waals surface area contributed by atoms with Gasteiger partial charge in [0.2, 0.25) is 0 Å². The summed E-state index contributed by atoms with van der Waals surface area (Å²) in [7, 11) is 0. The van der Waals surface area contributed by atoms with E-state index in [1.54, 1.807) is 0 Å². The van der Waals surface area contributed by atoms with Gasteiger partial charge in [-0.15, -0.1) is 0 Å². The van der Waals surface area contributed by atoms with Crippen molar-refractivity contribution >= 4 is 0 Å². The Morgan fingerprint density at radius 3 is 2.71 bits per heavy atom. The van der Waals surface area contributed by atoms with Crippen molar-refractivity contribution in [2.45, 2.75) is 64.1 Å². The second-order valence-electron chi connectivity index (χ2n) is 4.80. The summed E-state index contributed by atoms with van der Waals surface area (Å²) in [5.41, 5.74) is 0. The highest BCUT2D eigenvalue weighted by molar-refractivity contribution is 4.94. The monoisotopic (exact) mass is 197 g/mol. The van der Waals surface area contributed by atoms with Crippen LogP contribution in [0.25, 0.3) is 0 Å². The zero-order chi connectivity index (χ0) is 9.97. The first kappa shape index (κ1) is 10.4. The van der Waals surface area contributed by atoms with Gasteiger partial charge in [0.15, 0.2) is 0 Å². The Morgan fingerprint density at radius 1 is 1.21 bits per heavy atom. The van der Waals surface area contributed by atoms with Crippen molar-refractivity contribution in [2.24, 2.45) is 5.92 Å². The van der Waals surface area contributed by atoms with Gasteiger partial charge in [-0.2, -0.15) is 0 Å². The molecule has 14 heavy (non-hydrogen) atoms. The third-order valence-corrected chi connectivity index (χ3v) is 3.72. The molecule has 82 valence electrons. The van der Waals surface area contributed by atoms with Gasteiger partial charge in [-0.25, -0.2) is 0 Å². The molecule has 4 atom stereocenters. The number of nitrogens with one attached hydrogen (secondary N) is 1. The van der Waals surface area contributed by atoms with Crippen LogP contribution < -0.4 is 5.32 Å². The lowest BCUT2D eigenvalue weighted by Crippen LogP contribution is -2.40. The van der Waals surface area contributed by atoms with E-state index < -0.39 is 0 Å². The lowest BCUT2D eigenvalue weighted by molar-refractivity contribution is -0.000538. The topological polar surface area (TPSA) is 21.3 Å². The fraction of sp³-hybridized carbons (Fsp3) is 1.00. The predicted molar refractivity (Wildman–Crippen MR) is 58.4 cm³/mol. The van der Waals surface area contributed by atoms with E-state index in [9.17, 15) is 0 Å². The fourth-order valence-corrected chi connectivity index (χ4v) is 2.52. The molecule has 0 spiro atoms. The molecule has 1 heterocycles. The molecule has 0 bridgehead atoms. The largest absolute Gasteiger partial charge is 0.378 e. The molecule has 4 unspecified atom stereocenters. The van der Waals surface area contributed by atoms with Crippen LogP contribution in [0, 0.1) is 5.92 Å². The van der Waals surface area contributed by atoms with E-state index in [0.717, 1.165) is 24.6 Å². The third kappa shape index (κ3) is 2.48. The van der Waals surface area contributed by atoms with Crippen LogP contribution in [0.1, 0.15) is 46.0 Å². The van der Waals surface area contributed by atoms with Crippen molar-refractivity contribution in [1.29, 1.82) is 0 Å². The van der Waals surface area contributed by atoms with E-state index in [0.29, 0.717) is 6.10 Å². The highest BCUT2D eigenvalue weighted by atomic mass is 16.5. The summed E-state index contributed by atoms with van der Waals surface area (Å²) in [5.74, 6) is 0.970. The van der Waals surface area contributed by atoms with E-state index in [1.165, 1.54) is 32.1 Å². The van der Waals surface area contributed by atoms with Crippen LogP contribution in [-0.2, 0) is 4.74 Å². The molecule has 2 heteroatoms. The molecule has 2 aliphatic rings. The molecular weight excluding hydrogens is 174 g/mol. The minimum atomic E-state index is 0.514. The zero-order valence-electron chi connectivity index (χ0n) is 9.46. The van der Waals surface area contributed by atoms with Gasteiger partial charge >= 0.3 is 0 Å². The fourth-order valence-electron chi connectivity index (χ4n) is 2.52. The maximum atomic E-state index is 5.67. The van der Waals surface area contributed by atoms with Crippen molar-refractivity contribution in [1.82, 2.24) is 5.32 Å². The van der Waals surface area contributed by atoms with Crippen LogP contribution in [0.5, 0.6) is 0 Å². The van der Waals surface area contributed by atoms with Crippen molar-refractivity contribution in [2.75, 3.05) is 6.61 Å². The summed E-state index contributed by atoms with van der Waals surface area (Å²) in [6, 6.07) is 1.57. The minimum absolute atomic E-state index is 0.514. The van der Waals surface area contributed by atoms with Crippen LogP contribution in [0.15, 0.2) is 0 Å². The Hall–Kier alpha value is -0.0800.